The van der Waals surface area contributed by atoms with Crippen LogP contribution in [0.2, 0.25) is 0 Å². The summed E-state index contributed by atoms with van der Waals surface area (Å²) in [5.74, 6) is 0. The van der Waals surface area contributed by atoms with Crippen LogP contribution in [0.3, 0.4) is 0 Å². The van der Waals surface area contributed by atoms with E-state index >= 15 is 0 Å². The second-order valence-electron chi connectivity index (χ2n) is 3.85. The van der Waals surface area contributed by atoms with E-state index in [4.69, 9.17) is 5.26 Å². The summed E-state index contributed by atoms with van der Waals surface area (Å²) in [6.45, 7) is 3.94. The van der Waals surface area contributed by atoms with Gasteiger partial charge in [-0.2, -0.15) is 5.26 Å². The van der Waals surface area contributed by atoms with E-state index in [1.165, 1.54) is 11.4 Å². The van der Waals surface area contributed by atoms with Crippen molar-refractivity contribution >= 4 is 11.4 Å². The molecule has 0 aromatic heterocycles. The number of hydrogen-bond acceptors (Lipinski definition) is 3. The molecule has 0 saturated carbocycles. The second-order valence-corrected chi connectivity index (χ2v) is 3.85. The van der Waals surface area contributed by atoms with Crippen molar-refractivity contribution in [2.45, 2.75) is 19.4 Å². The number of nitrogens with zero attached hydrogens (tertiary/aromatic N) is 2. The quantitative estimate of drug-likeness (QED) is 0.797. The minimum absolute atomic E-state index is 0.452. The lowest BCUT2D eigenvalue weighted by Gasteiger charge is -2.37. The zero-order valence-corrected chi connectivity index (χ0v) is 8.90. The average molecular weight is 201 g/mol. The van der Waals surface area contributed by atoms with Crippen LogP contribution in [0, 0.1) is 11.3 Å². The van der Waals surface area contributed by atoms with Gasteiger partial charge in [0.05, 0.1) is 23.9 Å². The molecule has 0 amide bonds. The first-order valence-corrected chi connectivity index (χ1v) is 5.29. The van der Waals surface area contributed by atoms with Crippen molar-refractivity contribution in [3.8, 4) is 6.07 Å². The molecule has 3 nitrogen and oxygen atoms in total. The van der Waals surface area contributed by atoms with Crippen LogP contribution in [-0.4, -0.2) is 19.1 Å². The highest BCUT2D eigenvalue weighted by Crippen LogP contribution is 2.30. The van der Waals surface area contributed by atoms with Gasteiger partial charge >= 0.3 is 0 Å². The van der Waals surface area contributed by atoms with Crippen LogP contribution in [0.15, 0.2) is 24.3 Å². The third-order valence-electron chi connectivity index (χ3n) is 2.80. The Kier molecular flexibility index (Phi) is 2.77. The topological polar surface area (TPSA) is 39.1 Å². The van der Waals surface area contributed by atoms with Crippen LogP contribution in [0.1, 0.15) is 13.3 Å². The van der Waals surface area contributed by atoms with E-state index < -0.39 is 0 Å². The molecule has 1 aliphatic rings. The number of nitriles is 1. The molecule has 2 rings (SSSR count). The highest BCUT2D eigenvalue weighted by molar-refractivity contribution is 5.72. The Hall–Kier alpha value is -1.69. The maximum absolute atomic E-state index is 8.64. The molecule has 1 aromatic carbocycles. The summed E-state index contributed by atoms with van der Waals surface area (Å²) in [6, 6.07) is 10.9. The summed E-state index contributed by atoms with van der Waals surface area (Å²) in [4.78, 5) is 2.30. The normalized spacial score (nSPS) is 18.9. The smallest absolute Gasteiger partial charge is 0.0640 e. The summed E-state index contributed by atoms with van der Waals surface area (Å²) in [7, 11) is 0. The third kappa shape index (κ3) is 1.89. The first-order chi connectivity index (χ1) is 7.33. The summed E-state index contributed by atoms with van der Waals surface area (Å²) < 4.78 is 0. The number of nitrogens with one attached hydrogen (secondary N) is 1. The predicted molar refractivity (Wildman–Crippen MR) is 62.0 cm³/mol. The van der Waals surface area contributed by atoms with E-state index in [0.717, 1.165) is 13.1 Å². The Morgan fingerprint density at radius 2 is 2.33 bits per heavy atom. The van der Waals surface area contributed by atoms with Gasteiger partial charge in [-0.25, -0.2) is 0 Å². The van der Waals surface area contributed by atoms with Crippen molar-refractivity contribution in [2.24, 2.45) is 0 Å². The lowest BCUT2D eigenvalue weighted by atomic mass is 10.1. The minimum Gasteiger partial charge on any atom is -0.381 e. The molecule has 1 unspecified atom stereocenters. The zero-order chi connectivity index (χ0) is 10.7. The monoisotopic (exact) mass is 201 g/mol. The van der Waals surface area contributed by atoms with Gasteiger partial charge < -0.3 is 10.2 Å². The fourth-order valence-electron chi connectivity index (χ4n) is 1.99. The number of rotatable bonds is 2. The Balaban J connectivity index is 2.25. The first-order valence-electron chi connectivity index (χ1n) is 5.29. The van der Waals surface area contributed by atoms with Gasteiger partial charge in [-0.15, -0.1) is 0 Å². The van der Waals surface area contributed by atoms with Crippen LogP contribution in [0.4, 0.5) is 11.4 Å². The van der Waals surface area contributed by atoms with Crippen LogP contribution >= 0.6 is 0 Å². The van der Waals surface area contributed by atoms with Crippen molar-refractivity contribution < 1.29 is 0 Å². The van der Waals surface area contributed by atoms with Gasteiger partial charge in [0.15, 0.2) is 0 Å². The molecule has 0 aliphatic carbocycles. The number of para-hydroxylation sites is 2. The highest BCUT2D eigenvalue weighted by Gasteiger charge is 2.21. The van der Waals surface area contributed by atoms with Crippen molar-refractivity contribution in [2.75, 3.05) is 23.3 Å². The predicted octanol–water partition coefficient (Wildman–Crippen LogP) is 2.22. The molecule has 3 heteroatoms. The molecule has 78 valence electrons. The number of anilines is 2. The van der Waals surface area contributed by atoms with E-state index in [1.807, 2.05) is 12.1 Å². The van der Waals surface area contributed by atoms with Crippen molar-refractivity contribution in [3.63, 3.8) is 0 Å². The maximum Gasteiger partial charge on any atom is 0.0640 e. The lowest BCUT2D eigenvalue weighted by molar-refractivity contribution is 0.646. The standard InChI is InChI=1S/C12H15N3/c1-10-9-14-11-5-2-3-6-12(11)15(10)8-4-7-13/h2-3,5-6,10,14H,4,8-9H2,1H3. The number of fused-ring (bicyclic) bond motifs is 1. The lowest BCUT2D eigenvalue weighted by Crippen LogP contribution is -2.42. The highest BCUT2D eigenvalue weighted by atomic mass is 15.2. The van der Waals surface area contributed by atoms with Gasteiger partial charge in [0, 0.05) is 19.1 Å². The molecule has 1 heterocycles. The molecular formula is C12H15N3. The second kappa shape index (κ2) is 4.22. The van der Waals surface area contributed by atoms with Crippen molar-refractivity contribution in [1.29, 1.82) is 5.26 Å². The average Bonchev–Trinajstić information content (AvgIpc) is 2.28. The van der Waals surface area contributed by atoms with Crippen molar-refractivity contribution in [3.05, 3.63) is 24.3 Å². The molecule has 1 atom stereocenters. The Morgan fingerprint density at radius 1 is 1.53 bits per heavy atom. The van der Waals surface area contributed by atoms with Crippen molar-refractivity contribution in [1.82, 2.24) is 0 Å². The summed E-state index contributed by atoms with van der Waals surface area (Å²) in [5, 5.41) is 12.0. The van der Waals surface area contributed by atoms with E-state index in [0.29, 0.717) is 12.5 Å². The van der Waals surface area contributed by atoms with Gasteiger partial charge in [0.2, 0.25) is 0 Å². The molecule has 0 fully saturated rings. The molecule has 1 aliphatic heterocycles. The maximum atomic E-state index is 8.64. The molecule has 0 saturated heterocycles. The van der Waals surface area contributed by atoms with Gasteiger partial charge in [0.1, 0.15) is 0 Å². The minimum atomic E-state index is 0.452. The van der Waals surface area contributed by atoms with E-state index in [-0.39, 0.29) is 0 Å². The fraction of sp³-hybridized carbons (Fsp3) is 0.417. The van der Waals surface area contributed by atoms with Gasteiger partial charge in [0.25, 0.3) is 0 Å². The Labute approximate surface area is 90.3 Å². The molecule has 1 aromatic rings. The molecule has 0 spiro atoms. The molecule has 1 N–H and O–H groups in total. The van der Waals surface area contributed by atoms with Crippen LogP contribution in [0.25, 0.3) is 0 Å². The first kappa shape index (κ1) is 9.85. The van der Waals surface area contributed by atoms with Crippen LogP contribution < -0.4 is 10.2 Å². The molecule has 0 bridgehead atoms. The van der Waals surface area contributed by atoms with Gasteiger partial charge in [-0.3, -0.25) is 0 Å². The number of hydrogen-bond donors (Lipinski definition) is 1. The summed E-state index contributed by atoms with van der Waals surface area (Å²) in [6.07, 6.45) is 0.582. The van der Waals surface area contributed by atoms with Crippen LogP contribution in [0.5, 0.6) is 0 Å². The Bertz CT molecular complexity index is 381. The fourth-order valence-corrected chi connectivity index (χ4v) is 1.99. The summed E-state index contributed by atoms with van der Waals surface area (Å²) >= 11 is 0. The van der Waals surface area contributed by atoms with Gasteiger partial charge in [-0.1, -0.05) is 12.1 Å². The molecular weight excluding hydrogens is 186 g/mol. The van der Waals surface area contributed by atoms with Crippen LogP contribution in [-0.2, 0) is 0 Å². The zero-order valence-electron chi connectivity index (χ0n) is 8.90. The van der Waals surface area contributed by atoms with E-state index in [1.54, 1.807) is 0 Å². The molecule has 15 heavy (non-hydrogen) atoms. The SMILES string of the molecule is CC1CNc2ccccc2N1CCC#N. The van der Waals surface area contributed by atoms with E-state index in [2.05, 4.69) is 35.3 Å². The Morgan fingerprint density at radius 3 is 3.13 bits per heavy atom. The summed E-state index contributed by atoms with van der Waals surface area (Å²) in [5.41, 5.74) is 2.39. The van der Waals surface area contributed by atoms with E-state index in [9.17, 15) is 0 Å². The third-order valence-corrected chi connectivity index (χ3v) is 2.80. The molecule has 0 radical (unpaired) electrons. The van der Waals surface area contributed by atoms with Gasteiger partial charge in [-0.05, 0) is 19.1 Å². The largest absolute Gasteiger partial charge is 0.381 e. The number of benzene rings is 1.